The number of aryl methyl sites for hydroxylation is 1. The Morgan fingerprint density at radius 2 is 1.82 bits per heavy atom. The van der Waals surface area contributed by atoms with Crippen LogP contribution >= 0.6 is 0 Å². The normalized spacial score (nSPS) is 17.4. The first kappa shape index (κ1) is 25.8. The van der Waals surface area contributed by atoms with E-state index in [2.05, 4.69) is 27.6 Å². The first-order valence-electron chi connectivity index (χ1n) is 12.0. The Hall–Kier alpha value is -2.84. The number of nitrogens with one attached hydrogen (secondary N) is 2. The number of rotatable bonds is 6. The average Bonchev–Trinajstić information content (AvgIpc) is 3.42. The summed E-state index contributed by atoms with van der Waals surface area (Å²) >= 11 is 0. The van der Waals surface area contributed by atoms with Crippen LogP contribution in [0.5, 0.6) is 0 Å². The summed E-state index contributed by atoms with van der Waals surface area (Å²) in [6, 6.07) is 8.23. The lowest BCUT2D eigenvalue weighted by Crippen LogP contribution is -2.46. The van der Waals surface area contributed by atoms with Crippen LogP contribution in [0.2, 0.25) is 0 Å². The number of carbonyl (C=O) groups is 2. The highest BCUT2D eigenvalue weighted by Gasteiger charge is 2.27. The molecule has 8 heteroatoms. The Morgan fingerprint density at radius 3 is 2.38 bits per heavy atom. The van der Waals surface area contributed by atoms with E-state index in [4.69, 9.17) is 4.74 Å². The molecule has 7 nitrogen and oxygen atoms in total. The number of pyridine rings is 1. The molecule has 0 bridgehead atoms. The number of anilines is 1. The van der Waals surface area contributed by atoms with Gasteiger partial charge in [0.15, 0.2) is 0 Å². The third kappa shape index (κ3) is 8.50. The Bertz CT molecular complexity index is 916. The highest BCUT2D eigenvalue weighted by molar-refractivity contribution is 6.01. The number of benzene rings is 1. The van der Waals surface area contributed by atoms with Crippen molar-refractivity contribution in [1.29, 1.82) is 0 Å². The van der Waals surface area contributed by atoms with Gasteiger partial charge in [0.1, 0.15) is 11.9 Å². The fraction of sp³-hybridized carbons (Fsp3) is 0.500. The zero-order chi connectivity index (χ0) is 24.3. The van der Waals surface area contributed by atoms with Gasteiger partial charge in [0, 0.05) is 28.8 Å². The summed E-state index contributed by atoms with van der Waals surface area (Å²) in [5, 5.41) is 5.68. The summed E-state index contributed by atoms with van der Waals surface area (Å²) in [4.78, 5) is 32.0. The van der Waals surface area contributed by atoms with E-state index in [0.717, 1.165) is 44.8 Å². The van der Waals surface area contributed by atoms with E-state index in [1.54, 1.807) is 12.3 Å². The number of hydrogen-bond acceptors (Lipinski definition) is 5. The van der Waals surface area contributed by atoms with E-state index < -0.39 is 11.9 Å². The van der Waals surface area contributed by atoms with E-state index in [0.29, 0.717) is 23.6 Å². The van der Waals surface area contributed by atoms with E-state index in [9.17, 15) is 14.0 Å². The van der Waals surface area contributed by atoms with Gasteiger partial charge in [-0.1, -0.05) is 0 Å². The Morgan fingerprint density at radius 1 is 1.15 bits per heavy atom. The fourth-order valence-electron chi connectivity index (χ4n) is 3.99. The highest BCUT2D eigenvalue weighted by Crippen LogP contribution is 2.22. The van der Waals surface area contributed by atoms with Gasteiger partial charge in [-0.3, -0.25) is 14.6 Å². The molecule has 0 radical (unpaired) electrons. The zero-order valence-electron chi connectivity index (χ0n) is 20.1. The lowest BCUT2D eigenvalue weighted by molar-refractivity contribution is -0.118. The van der Waals surface area contributed by atoms with Crippen molar-refractivity contribution in [2.75, 3.05) is 38.7 Å². The molecule has 1 aromatic carbocycles. The fourth-order valence-corrected chi connectivity index (χ4v) is 3.99. The van der Waals surface area contributed by atoms with Crippen molar-refractivity contribution < 1.29 is 23.0 Å². The van der Waals surface area contributed by atoms with E-state index in [1.807, 2.05) is 13.0 Å². The molecular weight excluding hydrogens is 435 g/mol. The number of piperidine rings is 1. The van der Waals surface area contributed by atoms with Crippen LogP contribution in [0, 0.1) is 18.7 Å². The van der Waals surface area contributed by atoms with Crippen LogP contribution in [0.4, 0.5) is 10.1 Å². The third-order valence-electron chi connectivity index (χ3n) is 6.14. The van der Waals surface area contributed by atoms with Gasteiger partial charge >= 0.3 is 0 Å². The van der Waals surface area contributed by atoms with Crippen molar-refractivity contribution in [1.82, 2.24) is 15.2 Å². The number of aromatic nitrogens is 1. The summed E-state index contributed by atoms with van der Waals surface area (Å²) in [7, 11) is 2.08. The molecule has 2 aromatic rings. The number of likely N-dealkylation sites (tertiary alicyclic amines) is 1. The van der Waals surface area contributed by atoms with Gasteiger partial charge in [-0.15, -0.1) is 0 Å². The van der Waals surface area contributed by atoms with Crippen LogP contribution in [-0.2, 0) is 9.53 Å². The molecule has 0 aliphatic carbocycles. The first-order valence-corrected chi connectivity index (χ1v) is 12.0. The zero-order valence-corrected chi connectivity index (χ0v) is 20.1. The molecule has 2 amide bonds. The van der Waals surface area contributed by atoms with Gasteiger partial charge in [-0.2, -0.15) is 0 Å². The molecule has 0 spiro atoms. The number of ether oxygens (including phenoxy) is 1. The van der Waals surface area contributed by atoms with Crippen LogP contribution in [0.1, 0.15) is 52.4 Å². The molecule has 2 fully saturated rings. The minimum atomic E-state index is -0.678. The molecule has 3 heterocycles. The van der Waals surface area contributed by atoms with E-state index >= 15 is 0 Å². The number of hydrogen-bond donors (Lipinski definition) is 2. The molecule has 1 aromatic heterocycles. The maximum Gasteiger partial charge on any atom is 0.251 e. The molecular formula is C26H41FN4O3. The van der Waals surface area contributed by atoms with Crippen molar-refractivity contribution in [3.63, 3.8) is 0 Å². The lowest BCUT2D eigenvalue weighted by atomic mass is 9.90. The molecule has 2 aliphatic heterocycles. The third-order valence-corrected chi connectivity index (χ3v) is 6.14. The summed E-state index contributed by atoms with van der Waals surface area (Å²) in [6.45, 7) is 5.83. The van der Waals surface area contributed by atoms with Crippen LogP contribution in [0.15, 0.2) is 42.6 Å². The smallest absolute Gasteiger partial charge is 0.251 e. The van der Waals surface area contributed by atoms with Gasteiger partial charge in [0.25, 0.3) is 5.91 Å². The molecule has 2 aliphatic rings. The summed E-state index contributed by atoms with van der Waals surface area (Å²) in [5.74, 6) is -0.717. The van der Waals surface area contributed by atoms with E-state index in [-0.39, 0.29) is 16.1 Å². The molecule has 34 heavy (non-hydrogen) atoms. The summed E-state index contributed by atoms with van der Waals surface area (Å²) in [6.07, 6.45) is 6.69. The maximum atomic E-state index is 13.1. The number of amides is 2. The van der Waals surface area contributed by atoms with Crippen LogP contribution < -0.4 is 10.6 Å². The van der Waals surface area contributed by atoms with Gasteiger partial charge < -0.3 is 20.3 Å². The predicted molar refractivity (Wildman–Crippen MR) is 136 cm³/mol. The van der Waals surface area contributed by atoms with Gasteiger partial charge in [0.05, 0.1) is 11.9 Å². The van der Waals surface area contributed by atoms with Crippen LogP contribution in [-0.4, -0.2) is 61.1 Å². The van der Waals surface area contributed by atoms with Crippen molar-refractivity contribution in [3.8, 4) is 0 Å². The van der Waals surface area contributed by atoms with Gasteiger partial charge in [-0.25, -0.2) is 4.39 Å². The Kier molecular flexibility index (Phi) is 9.97. The average molecular weight is 477 g/mol. The van der Waals surface area contributed by atoms with Gasteiger partial charge in [0.2, 0.25) is 5.91 Å². The molecule has 4 rings (SSSR count). The molecule has 190 valence electrons. The molecule has 1 atom stereocenters. The van der Waals surface area contributed by atoms with Crippen molar-refractivity contribution in [2.45, 2.75) is 45.1 Å². The molecule has 2 N–H and O–H groups in total. The maximum absolute atomic E-state index is 13.1. The molecule has 0 unspecified atom stereocenters. The van der Waals surface area contributed by atoms with Crippen molar-refractivity contribution >= 4 is 17.5 Å². The summed E-state index contributed by atoms with van der Waals surface area (Å²) in [5.41, 5.74) is 1.77. The van der Waals surface area contributed by atoms with E-state index in [1.165, 1.54) is 37.1 Å². The Balaban J connectivity index is 0.00000145. The van der Waals surface area contributed by atoms with Crippen LogP contribution in [0.25, 0.3) is 0 Å². The molecule has 2 saturated heterocycles. The second-order valence-corrected chi connectivity index (χ2v) is 9.01. The second-order valence-electron chi connectivity index (χ2n) is 9.01. The minimum Gasteiger partial charge on any atom is -0.381 e. The topological polar surface area (TPSA) is 83.6 Å². The standard InChI is InChI=1S/C22H27FN4O2.C4H8O.3H2/c1-15-3-8-19(14-24-15)25-22(29)20(13-16-9-11-27(2)12-10-16)26-21(28)17-4-6-18(23)7-5-17;1-2-4-5-3-1;;;/h3-8,14,16,20H,9-13H2,1-2H3,(H,25,29)(H,26,28);1-4H2;3*1H/t20-;;;;/m0..../s1. The van der Waals surface area contributed by atoms with Gasteiger partial charge in [-0.05, 0) is 101 Å². The second kappa shape index (κ2) is 13.2. The quantitative estimate of drug-likeness (QED) is 0.640. The number of carbonyl (C=O) groups excluding carboxylic acids is 2. The Labute approximate surface area is 205 Å². The first-order chi connectivity index (χ1) is 16.4. The highest BCUT2D eigenvalue weighted by atomic mass is 19.1. The van der Waals surface area contributed by atoms with Crippen molar-refractivity contribution in [2.24, 2.45) is 5.92 Å². The monoisotopic (exact) mass is 476 g/mol. The SMILES string of the molecule is C1CCOC1.Cc1ccc(NC(=O)[C@H](CC2CCN(C)CC2)NC(=O)c2ccc(F)cc2)cn1.[HH].[HH].[HH]. The van der Waals surface area contributed by atoms with Crippen molar-refractivity contribution in [3.05, 3.63) is 59.7 Å². The molecule has 0 saturated carbocycles. The predicted octanol–water partition coefficient (Wildman–Crippen LogP) is 4.53. The van der Waals surface area contributed by atoms with Crippen LogP contribution in [0.3, 0.4) is 0 Å². The number of halogens is 1. The number of nitrogens with zero attached hydrogens (tertiary/aromatic N) is 2. The minimum absolute atomic E-state index is 0. The largest absolute Gasteiger partial charge is 0.381 e. The summed E-state index contributed by atoms with van der Waals surface area (Å²) < 4.78 is 18.1. The lowest BCUT2D eigenvalue weighted by Gasteiger charge is -2.31.